The number of aromatic nitrogens is 2. The van der Waals surface area contributed by atoms with Crippen LogP contribution in [0.5, 0.6) is 5.75 Å². The standard InChI is InChI=1S/C16H16N2OS/c1-12-3-4-16(19-2)14(9-12)10-18-7-5-15(17-18)13-6-8-20-11-13/h3-9,11H,10H2,1-2H3. The third-order valence-corrected chi connectivity index (χ3v) is 3.91. The highest BCUT2D eigenvalue weighted by atomic mass is 32.1. The van der Waals surface area contributed by atoms with Gasteiger partial charge in [0.1, 0.15) is 5.75 Å². The van der Waals surface area contributed by atoms with Crippen LogP contribution in [0.25, 0.3) is 11.3 Å². The third kappa shape index (κ3) is 2.60. The first-order valence-electron chi connectivity index (χ1n) is 6.46. The van der Waals surface area contributed by atoms with Gasteiger partial charge in [0.2, 0.25) is 0 Å². The fraction of sp³-hybridized carbons (Fsp3) is 0.188. The second-order valence-electron chi connectivity index (χ2n) is 4.73. The summed E-state index contributed by atoms with van der Waals surface area (Å²) in [5.74, 6) is 0.906. The lowest BCUT2D eigenvalue weighted by atomic mass is 10.1. The predicted octanol–water partition coefficient (Wildman–Crippen LogP) is 3.98. The first-order valence-corrected chi connectivity index (χ1v) is 7.40. The molecule has 2 aromatic heterocycles. The maximum absolute atomic E-state index is 5.41. The monoisotopic (exact) mass is 284 g/mol. The van der Waals surface area contributed by atoms with Crippen LogP contribution in [0.2, 0.25) is 0 Å². The molecule has 4 heteroatoms. The Labute approximate surface area is 122 Å². The van der Waals surface area contributed by atoms with E-state index in [-0.39, 0.29) is 0 Å². The molecule has 2 heterocycles. The molecule has 0 aliphatic heterocycles. The molecule has 0 saturated carbocycles. The van der Waals surface area contributed by atoms with Gasteiger partial charge in [0, 0.05) is 22.7 Å². The van der Waals surface area contributed by atoms with E-state index < -0.39 is 0 Å². The van der Waals surface area contributed by atoms with Crippen molar-refractivity contribution in [3.8, 4) is 17.0 Å². The van der Waals surface area contributed by atoms with Crippen LogP contribution in [0.3, 0.4) is 0 Å². The quantitative estimate of drug-likeness (QED) is 0.724. The zero-order chi connectivity index (χ0) is 13.9. The first kappa shape index (κ1) is 12.9. The van der Waals surface area contributed by atoms with Crippen LogP contribution in [0.15, 0.2) is 47.3 Å². The average Bonchev–Trinajstić information content (AvgIpc) is 3.09. The van der Waals surface area contributed by atoms with Gasteiger partial charge in [-0.3, -0.25) is 4.68 Å². The molecule has 0 aliphatic carbocycles. The zero-order valence-corrected chi connectivity index (χ0v) is 12.4. The predicted molar refractivity (Wildman–Crippen MR) is 82.4 cm³/mol. The minimum absolute atomic E-state index is 0.717. The van der Waals surface area contributed by atoms with Gasteiger partial charge in [-0.05, 0) is 30.5 Å². The number of rotatable bonds is 4. The molecule has 0 spiro atoms. The van der Waals surface area contributed by atoms with E-state index in [4.69, 9.17) is 4.74 Å². The largest absolute Gasteiger partial charge is 0.496 e. The maximum Gasteiger partial charge on any atom is 0.123 e. The lowest BCUT2D eigenvalue weighted by Crippen LogP contribution is -2.03. The molecule has 0 saturated heterocycles. The number of hydrogen-bond donors (Lipinski definition) is 0. The van der Waals surface area contributed by atoms with Crippen molar-refractivity contribution in [1.29, 1.82) is 0 Å². The Morgan fingerprint density at radius 2 is 2.15 bits per heavy atom. The second kappa shape index (κ2) is 5.51. The van der Waals surface area contributed by atoms with E-state index >= 15 is 0 Å². The highest BCUT2D eigenvalue weighted by molar-refractivity contribution is 7.08. The minimum atomic E-state index is 0.717. The number of nitrogens with zero attached hydrogens (tertiary/aromatic N) is 2. The number of benzene rings is 1. The summed E-state index contributed by atoms with van der Waals surface area (Å²) in [7, 11) is 1.70. The van der Waals surface area contributed by atoms with E-state index in [1.54, 1.807) is 18.4 Å². The zero-order valence-electron chi connectivity index (χ0n) is 11.5. The van der Waals surface area contributed by atoms with Gasteiger partial charge in [-0.15, -0.1) is 0 Å². The van der Waals surface area contributed by atoms with E-state index in [1.807, 2.05) is 23.0 Å². The molecule has 0 radical (unpaired) electrons. The molecule has 3 rings (SSSR count). The van der Waals surface area contributed by atoms with Crippen LogP contribution in [0.4, 0.5) is 0 Å². The molecule has 20 heavy (non-hydrogen) atoms. The summed E-state index contributed by atoms with van der Waals surface area (Å²) < 4.78 is 7.36. The van der Waals surface area contributed by atoms with Crippen LogP contribution < -0.4 is 4.74 Å². The summed E-state index contributed by atoms with van der Waals surface area (Å²) >= 11 is 1.69. The van der Waals surface area contributed by atoms with Crippen LogP contribution in [-0.4, -0.2) is 16.9 Å². The fourth-order valence-corrected chi connectivity index (χ4v) is 2.87. The normalized spacial score (nSPS) is 10.7. The van der Waals surface area contributed by atoms with E-state index in [0.29, 0.717) is 0 Å². The molecule has 0 amide bonds. The molecule has 0 aliphatic rings. The molecule has 102 valence electrons. The Hall–Kier alpha value is -2.07. The first-order chi connectivity index (χ1) is 9.76. The summed E-state index contributed by atoms with van der Waals surface area (Å²) in [6.45, 7) is 2.80. The van der Waals surface area contributed by atoms with Crippen molar-refractivity contribution in [3.63, 3.8) is 0 Å². The molecule has 1 aromatic carbocycles. The van der Waals surface area contributed by atoms with Gasteiger partial charge in [-0.2, -0.15) is 16.4 Å². The van der Waals surface area contributed by atoms with Gasteiger partial charge in [-0.1, -0.05) is 17.7 Å². The van der Waals surface area contributed by atoms with Gasteiger partial charge in [-0.25, -0.2) is 0 Å². The van der Waals surface area contributed by atoms with Crippen molar-refractivity contribution < 1.29 is 4.74 Å². The summed E-state index contributed by atoms with van der Waals surface area (Å²) in [6.07, 6.45) is 2.01. The Morgan fingerprint density at radius 3 is 2.90 bits per heavy atom. The molecule has 3 nitrogen and oxygen atoms in total. The number of aryl methyl sites for hydroxylation is 1. The summed E-state index contributed by atoms with van der Waals surface area (Å²) in [4.78, 5) is 0. The minimum Gasteiger partial charge on any atom is -0.496 e. The van der Waals surface area contributed by atoms with E-state index in [1.165, 1.54) is 11.1 Å². The Balaban J connectivity index is 1.87. The Morgan fingerprint density at radius 1 is 1.25 bits per heavy atom. The lowest BCUT2D eigenvalue weighted by Gasteiger charge is -2.09. The lowest BCUT2D eigenvalue weighted by molar-refractivity contribution is 0.407. The van der Waals surface area contributed by atoms with Crippen LogP contribution >= 0.6 is 11.3 Å². The van der Waals surface area contributed by atoms with E-state index in [2.05, 4.69) is 41.0 Å². The van der Waals surface area contributed by atoms with Crippen molar-refractivity contribution in [2.75, 3.05) is 7.11 Å². The number of hydrogen-bond acceptors (Lipinski definition) is 3. The van der Waals surface area contributed by atoms with Crippen molar-refractivity contribution >= 4 is 11.3 Å². The van der Waals surface area contributed by atoms with Gasteiger partial charge >= 0.3 is 0 Å². The van der Waals surface area contributed by atoms with Crippen LogP contribution in [-0.2, 0) is 6.54 Å². The number of ether oxygens (including phenoxy) is 1. The highest BCUT2D eigenvalue weighted by Gasteiger charge is 2.07. The number of methoxy groups -OCH3 is 1. The summed E-state index contributed by atoms with van der Waals surface area (Å²) in [5, 5.41) is 8.80. The van der Waals surface area contributed by atoms with Crippen LogP contribution in [0, 0.1) is 6.92 Å². The van der Waals surface area contributed by atoms with Crippen LogP contribution in [0.1, 0.15) is 11.1 Å². The van der Waals surface area contributed by atoms with E-state index in [0.717, 1.165) is 23.6 Å². The smallest absolute Gasteiger partial charge is 0.123 e. The SMILES string of the molecule is COc1ccc(C)cc1Cn1ccc(-c2ccsc2)n1. The molecule has 0 unspecified atom stereocenters. The van der Waals surface area contributed by atoms with E-state index in [9.17, 15) is 0 Å². The fourth-order valence-electron chi connectivity index (χ4n) is 2.22. The Bertz CT molecular complexity index is 701. The van der Waals surface area contributed by atoms with Crippen molar-refractivity contribution in [2.24, 2.45) is 0 Å². The molecule has 0 atom stereocenters. The molecule has 3 aromatic rings. The van der Waals surface area contributed by atoms with Crippen molar-refractivity contribution in [3.05, 3.63) is 58.4 Å². The summed E-state index contributed by atoms with van der Waals surface area (Å²) in [5.41, 5.74) is 4.56. The van der Waals surface area contributed by atoms with Gasteiger partial charge < -0.3 is 4.74 Å². The topological polar surface area (TPSA) is 27.1 Å². The summed E-state index contributed by atoms with van der Waals surface area (Å²) in [6, 6.07) is 10.3. The van der Waals surface area contributed by atoms with Crippen molar-refractivity contribution in [1.82, 2.24) is 9.78 Å². The highest BCUT2D eigenvalue weighted by Crippen LogP contribution is 2.23. The van der Waals surface area contributed by atoms with Gasteiger partial charge in [0.15, 0.2) is 0 Å². The average molecular weight is 284 g/mol. The maximum atomic E-state index is 5.41. The Kier molecular flexibility index (Phi) is 3.56. The second-order valence-corrected chi connectivity index (χ2v) is 5.51. The molecular formula is C16H16N2OS. The third-order valence-electron chi connectivity index (χ3n) is 3.23. The number of thiophene rings is 1. The molecule has 0 fully saturated rings. The van der Waals surface area contributed by atoms with Crippen molar-refractivity contribution in [2.45, 2.75) is 13.5 Å². The molecular weight excluding hydrogens is 268 g/mol. The molecule has 0 N–H and O–H groups in total. The van der Waals surface area contributed by atoms with Gasteiger partial charge in [0.05, 0.1) is 19.3 Å². The molecule has 0 bridgehead atoms. The van der Waals surface area contributed by atoms with Gasteiger partial charge in [0.25, 0.3) is 0 Å².